The Kier molecular flexibility index (Phi) is 7.05. The fourth-order valence-corrected chi connectivity index (χ4v) is 2.26. The van der Waals surface area contributed by atoms with Gasteiger partial charge in [-0.1, -0.05) is 11.6 Å². The van der Waals surface area contributed by atoms with E-state index >= 15 is 0 Å². The van der Waals surface area contributed by atoms with E-state index in [2.05, 4.69) is 5.32 Å². The molecular formula is C13H18ClNO3S. The second-order valence-electron chi connectivity index (χ2n) is 3.90. The molecule has 0 aliphatic carbocycles. The Morgan fingerprint density at radius 2 is 2.16 bits per heavy atom. The smallest absolute Gasteiger partial charge is 0.234 e. The molecule has 0 radical (unpaired) electrons. The topological polar surface area (TPSA) is 47.6 Å². The molecule has 4 nitrogen and oxygen atoms in total. The fraction of sp³-hybridized carbons (Fsp3) is 0.462. The molecule has 0 bridgehead atoms. The van der Waals surface area contributed by atoms with Crippen molar-refractivity contribution in [2.45, 2.75) is 6.92 Å². The summed E-state index contributed by atoms with van der Waals surface area (Å²) in [4.78, 5) is 11.8. The van der Waals surface area contributed by atoms with E-state index in [0.717, 1.165) is 11.3 Å². The molecule has 0 atom stereocenters. The van der Waals surface area contributed by atoms with E-state index in [1.165, 1.54) is 11.8 Å². The van der Waals surface area contributed by atoms with Gasteiger partial charge in [-0.2, -0.15) is 0 Å². The van der Waals surface area contributed by atoms with Gasteiger partial charge in [0, 0.05) is 24.0 Å². The number of rotatable bonds is 7. The first-order valence-electron chi connectivity index (χ1n) is 5.79. The maximum atomic E-state index is 11.8. The number of amides is 1. The number of benzene rings is 1. The quantitative estimate of drug-likeness (QED) is 0.787. The third-order valence-corrected chi connectivity index (χ3v) is 3.75. The van der Waals surface area contributed by atoms with E-state index in [1.54, 1.807) is 26.4 Å². The molecule has 0 saturated carbocycles. The average molecular weight is 304 g/mol. The van der Waals surface area contributed by atoms with Crippen molar-refractivity contribution >= 4 is 35.0 Å². The van der Waals surface area contributed by atoms with Gasteiger partial charge in [0.1, 0.15) is 5.75 Å². The lowest BCUT2D eigenvalue weighted by Crippen LogP contribution is -2.15. The molecule has 1 aromatic rings. The zero-order chi connectivity index (χ0) is 14.3. The summed E-state index contributed by atoms with van der Waals surface area (Å²) in [6.45, 7) is 2.52. The number of anilines is 1. The molecule has 1 amide bonds. The minimum atomic E-state index is -0.0684. The average Bonchev–Trinajstić information content (AvgIpc) is 2.38. The number of hydrogen-bond acceptors (Lipinski definition) is 4. The number of methoxy groups -OCH3 is 2. The van der Waals surface area contributed by atoms with Crippen molar-refractivity contribution in [3.63, 3.8) is 0 Å². The van der Waals surface area contributed by atoms with Crippen LogP contribution in [0.4, 0.5) is 5.69 Å². The van der Waals surface area contributed by atoms with Crippen molar-refractivity contribution in [1.29, 1.82) is 0 Å². The van der Waals surface area contributed by atoms with Crippen LogP contribution in [0.25, 0.3) is 0 Å². The van der Waals surface area contributed by atoms with E-state index < -0.39 is 0 Å². The van der Waals surface area contributed by atoms with Crippen LogP contribution in [-0.2, 0) is 9.53 Å². The predicted molar refractivity (Wildman–Crippen MR) is 80.6 cm³/mol. The van der Waals surface area contributed by atoms with Gasteiger partial charge in [0.2, 0.25) is 5.91 Å². The zero-order valence-electron chi connectivity index (χ0n) is 11.3. The van der Waals surface area contributed by atoms with Crippen LogP contribution < -0.4 is 10.1 Å². The lowest BCUT2D eigenvalue weighted by Gasteiger charge is -2.12. The Labute approximate surface area is 122 Å². The number of carbonyl (C=O) groups is 1. The number of halogens is 1. The van der Waals surface area contributed by atoms with Crippen molar-refractivity contribution in [3.05, 3.63) is 22.7 Å². The molecule has 0 aliphatic rings. The Bertz CT molecular complexity index is 440. The SMILES string of the molecule is COCCSCC(=O)Nc1cc(C)c(Cl)cc1OC. The van der Waals surface area contributed by atoms with E-state index in [4.69, 9.17) is 21.1 Å². The van der Waals surface area contributed by atoms with Crippen LogP contribution in [0.1, 0.15) is 5.56 Å². The summed E-state index contributed by atoms with van der Waals surface area (Å²) in [6, 6.07) is 3.50. The van der Waals surface area contributed by atoms with Gasteiger partial charge in [-0.25, -0.2) is 0 Å². The third kappa shape index (κ3) is 5.30. The van der Waals surface area contributed by atoms with Crippen LogP contribution in [0.5, 0.6) is 5.75 Å². The van der Waals surface area contributed by atoms with E-state index in [0.29, 0.717) is 28.8 Å². The molecule has 0 fully saturated rings. The van der Waals surface area contributed by atoms with Crippen LogP contribution in [-0.4, -0.2) is 38.2 Å². The number of hydrogen-bond donors (Lipinski definition) is 1. The Balaban J connectivity index is 2.60. The monoisotopic (exact) mass is 303 g/mol. The van der Waals surface area contributed by atoms with Crippen molar-refractivity contribution in [2.75, 3.05) is 37.6 Å². The van der Waals surface area contributed by atoms with Gasteiger partial charge in [0.15, 0.2) is 0 Å². The standard InChI is InChI=1S/C13H18ClNO3S/c1-9-6-11(12(18-3)7-10(9)14)15-13(16)8-19-5-4-17-2/h6-7H,4-5,8H2,1-3H3,(H,15,16). The predicted octanol–water partition coefficient (Wildman–Crippen LogP) is 2.98. The lowest BCUT2D eigenvalue weighted by atomic mass is 10.2. The number of thioether (sulfide) groups is 1. The van der Waals surface area contributed by atoms with Crippen LogP contribution in [0.3, 0.4) is 0 Å². The van der Waals surface area contributed by atoms with Crippen LogP contribution in [0, 0.1) is 6.92 Å². The first-order valence-corrected chi connectivity index (χ1v) is 7.32. The maximum absolute atomic E-state index is 11.8. The molecule has 0 aliphatic heterocycles. The normalized spacial score (nSPS) is 10.3. The Morgan fingerprint density at radius 1 is 1.42 bits per heavy atom. The highest BCUT2D eigenvalue weighted by Crippen LogP contribution is 2.30. The van der Waals surface area contributed by atoms with Crippen molar-refractivity contribution in [3.8, 4) is 5.75 Å². The van der Waals surface area contributed by atoms with Crippen molar-refractivity contribution < 1.29 is 14.3 Å². The summed E-state index contributed by atoms with van der Waals surface area (Å²) in [5.74, 6) is 1.67. The summed E-state index contributed by atoms with van der Waals surface area (Å²) in [6.07, 6.45) is 0. The summed E-state index contributed by atoms with van der Waals surface area (Å²) in [7, 11) is 3.19. The van der Waals surface area contributed by atoms with Gasteiger partial charge in [-0.3, -0.25) is 4.79 Å². The highest BCUT2D eigenvalue weighted by molar-refractivity contribution is 7.99. The molecule has 1 N–H and O–H groups in total. The largest absolute Gasteiger partial charge is 0.495 e. The van der Waals surface area contributed by atoms with Gasteiger partial charge >= 0.3 is 0 Å². The van der Waals surface area contributed by atoms with Crippen LogP contribution in [0.15, 0.2) is 12.1 Å². The summed E-state index contributed by atoms with van der Waals surface area (Å²) in [5, 5.41) is 3.44. The molecule has 0 spiro atoms. The molecule has 6 heteroatoms. The van der Waals surface area contributed by atoms with Gasteiger partial charge in [-0.15, -0.1) is 11.8 Å². The molecule has 0 saturated heterocycles. The van der Waals surface area contributed by atoms with Crippen molar-refractivity contribution in [1.82, 2.24) is 0 Å². The lowest BCUT2D eigenvalue weighted by molar-refractivity contribution is -0.113. The van der Waals surface area contributed by atoms with E-state index in [9.17, 15) is 4.79 Å². The van der Waals surface area contributed by atoms with E-state index in [-0.39, 0.29) is 5.91 Å². The highest BCUT2D eigenvalue weighted by Gasteiger charge is 2.10. The first kappa shape index (κ1) is 16.1. The molecule has 0 unspecified atom stereocenters. The maximum Gasteiger partial charge on any atom is 0.234 e. The number of ether oxygens (including phenoxy) is 2. The molecular weight excluding hydrogens is 286 g/mol. The van der Waals surface area contributed by atoms with Gasteiger partial charge in [0.25, 0.3) is 0 Å². The minimum absolute atomic E-state index is 0.0684. The molecule has 106 valence electrons. The van der Waals surface area contributed by atoms with Gasteiger partial charge < -0.3 is 14.8 Å². The number of aryl methyl sites for hydroxylation is 1. The summed E-state index contributed by atoms with van der Waals surface area (Å²) in [5.41, 5.74) is 1.53. The third-order valence-electron chi connectivity index (χ3n) is 2.42. The van der Waals surface area contributed by atoms with Gasteiger partial charge in [-0.05, 0) is 18.6 Å². The molecule has 19 heavy (non-hydrogen) atoms. The summed E-state index contributed by atoms with van der Waals surface area (Å²) >= 11 is 7.53. The second-order valence-corrected chi connectivity index (χ2v) is 5.41. The van der Waals surface area contributed by atoms with Crippen molar-refractivity contribution in [2.24, 2.45) is 0 Å². The second kappa shape index (κ2) is 8.30. The molecule has 1 aromatic carbocycles. The number of carbonyl (C=O) groups excluding carboxylic acids is 1. The first-order chi connectivity index (χ1) is 9.08. The zero-order valence-corrected chi connectivity index (χ0v) is 12.9. The fourth-order valence-electron chi connectivity index (χ4n) is 1.42. The minimum Gasteiger partial charge on any atom is -0.495 e. The molecule has 0 aromatic heterocycles. The Morgan fingerprint density at radius 3 is 2.79 bits per heavy atom. The highest BCUT2D eigenvalue weighted by atomic mass is 35.5. The summed E-state index contributed by atoms with van der Waals surface area (Å²) < 4.78 is 10.1. The molecule has 1 rings (SSSR count). The Hall–Kier alpha value is -0.910. The van der Waals surface area contributed by atoms with E-state index in [1.807, 2.05) is 6.92 Å². The van der Waals surface area contributed by atoms with Crippen LogP contribution >= 0.6 is 23.4 Å². The number of nitrogens with one attached hydrogen (secondary N) is 1. The van der Waals surface area contributed by atoms with Crippen LogP contribution in [0.2, 0.25) is 5.02 Å². The molecule has 0 heterocycles. The van der Waals surface area contributed by atoms with Gasteiger partial charge in [0.05, 0.1) is 25.2 Å².